The quantitative estimate of drug-likeness (QED) is 0.740. The van der Waals surface area contributed by atoms with Crippen molar-refractivity contribution in [3.05, 3.63) is 34.8 Å². The first-order valence-corrected chi connectivity index (χ1v) is 8.24. The summed E-state index contributed by atoms with van der Waals surface area (Å²) in [6.07, 6.45) is 2.51. The van der Waals surface area contributed by atoms with Gasteiger partial charge in [-0.15, -0.1) is 0 Å². The van der Waals surface area contributed by atoms with E-state index in [0.717, 1.165) is 0 Å². The predicted molar refractivity (Wildman–Crippen MR) is 77.0 cm³/mol. The van der Waals surface area contributed by atoms with Gasteiger partial charge in [0.2, 0.25) is 0 Å². The molecule has 0 aliphatic rings. The predicted octanol–water partition coefficient (Wildman–Crippen LogP) is 3.17. The van der Waals surface area contributed by atoms with Gasteiger partial charge in [0.1, 0.15) is 0 Å². The van der Waals surface area contributed by atoms with Crippen LogP contribution in [0.3, 0.4) is 0 Å². The molecule has 0 aliphatic heterocycles. The monoisotopic (exact) mass is 295 g/mol. The van der Waals surface area contributed by atoms with E-state index in [2.05, 4.69) is 49.1 Å². The second-order valence-electron chi connectivity index (χ2n) is 4.43. The fourth-order valence-electron chi connectivity index (χ4n) is 2.17. The Morgan fingerprint density at radius 1 is 1.12 bits per heavy atom. The second kappa shape index (κ2) is 6.39. The van der Waals surface area contributed by atoms with Crippen LogP contribution in [0.25, 0.3) is 9.65 Å². The summed E-state index contributed by atoms with van der Waals surface area (Å²) in [5, 5.41) is 1.46. The Labute approximate surface area is 110 Å². The van der Waals surface area contributed by atoms with Crippen molar-refractivity contribution in [3.8, 4) is 0 Å². The first kappa shape index (κ1) is 12.9. The SMILES string of the molecule is CCCN(CC)CCc1cc2ccccc2[se]1. The van der Waals surface area contributed by atoms with Crippen molar-refractivity contribution in [2.45, 2.75) is 26.7 Å². The van der Waals surface area contributed by atoms with Gasteiger partial charge in [0.05, 0.1) is 0 Å². The average Bonchev–Trinajstić information content (AvgIpc) is 2.77. The maximum atomic E-state index is 2.56. The Bertz CT molecular complexity index is 428. The number of fused-ring (bicyclic) bond motifs is 1. The van der Waals surface area contributed by atoms with E-state index in [1.165, 1.54) is 37.9 Å². The summed E-state index contributed by atoms with van der Waals surface area (Å²) in [5.41, 5.74) is 0. The summed E-state index contributed by atoms with van der Waals surface area (Å²) < 4.78 is 3.22. The normalized spacial score (nSPS) is 11.5. The molecule has 1 heterocycles. The molecule has 0 radical (unpaired) electrons. The van der Waals surface area contributed by atoms with E-state index in [1.54, 1.807) is 8.70 Å². The molecule has 1 aromatic heterocycles. The van der Waals surface area contributed by atoms with Gasteiger partial charge in [0.15, 0.2) is 0 Å². The van der Waals surface area contributed by atoms with Crippen LogP contribution in [0, 0.1) is 0 Å². The fourth-order valence-corrected chi connectivity index (χ4v) is 4.38. The van der Waals surface area contributed by atoms with Gasteiger partial charge in [0.25, 0.3) is 0 Å². The third kappa shape index (κ3) is 3.45. The molecule has 17 heavy (non-hydrogen) atoms. The van der Waals surface area contributed by atoms with Crippen LogP contribution in [-0.2, 0) is 6.42 Å². The molecular formula is C15H21NSe. The number of rotatable bonds is 6. The fraction of sp³-hybridized carbons (Fsp3) is 0.467. The van der Waals surface area contributed by atoms with Crippen LogP contribution in [0.1, 0.15) is 24.7 Å². The van der Waals surface area contributed by atoms with Gasteiger partial charge >= 0.3 is 110 Å². The van der Waals surface area contributed by atoms with Crippen LogP contribution >= 0.6 is 0 Å². The molecule has 2 heteroatoms. The van der Waals surface area contributed by atoms with Crippen LogP contribution in [0.4, 0.5) is 0 Å². The molecule has 0 saturated carbocycles. The Morgan fingerprint density at radius 2 is 1.94 bits per heavy atom. The third-order valence-corrected chi connectivity index (χ3v) is 5.61. The van der Waals surface area contributed by atoms with E-state index in [-0.39, 0.29) is 0 Å². The summed E-state index contributed by atoms with van der Waals surface area (Å²) in [6, 6.07) is 11.2. The third-order valence-electron chi connectivity index (χ3n) is 3.14. The molecule has 0 aliphatic carbocycles. The Kier molecular flexibility index (Phi) is 4.85. The van der Waals surface area contributed by atoms with Crippen molar-refractivity contribution in [1.82, 2.24) is 4.90 Å². The maximum absolute atomic E-state index is 2.56. The second-order valence-corrected chi connectivity index (χ2v) is 6.89. The summed E-state index contributed by atoms with van der Waals surface area (Å²) in [7, 11) is 0. The van der Waals surface area contributed by atoms with Gasteiger partial charge in [-0.25, -0.2) is 0 Å². The molecular weight excluding hydrogens is 273 g/mol. The number of hydrogen-bond acceptors (Lipinski definition) is 1. The average molecular weight is 294 g/mol. The molecule has 0 spiro atoms. The van der Waals surface area contributed by atoms with Crippen LogP contribution in [-0.4, -0.2) is 39.0 Å². The first-order valence-electron chi connectivity index (χ1n) is 6.53. The van der Waals surface area contributed by atoms with Crippen molar-refractivity contribution in [3.63, 3.8) is 0 Å². The molecule has 1 nitrogen and oxygen atoms in total. The molecule has 0 N–H and O–H groups in total. The minimum absolute atomic E-state index is 0.586. The number of likely N-dealkylation sites (N-methyl/N-ethyl adjacent to an activating group) is 1. The van der Waals surface area contributed by atoms with Crippen LogP contribution in [0.5, 0.6) is 0 Å². The molecule has 0 fully saturated rings. The van der Waals surface area contributed by atoms with Crippen LogP contribution in [0.2, 0.25) is 0 Å². The summed E-state index contributed by atoms with van der Waals surface area (Å²) in [6.45, 7) is 8.17. The van der Waals surface area contributed by atoms with Gasteiger partial charge in [-0.3, -0.25) is 0 Å². The Morgan fingerprint density at radius 3 is 2.65 bits per heavy atom. The molecule has 0 atom stereocenters. The zero-order valence-electron chi connectivity index (χ0n) is 10.8. The Balaban J connectivity index is 1.98. The topological polar surface area (TPSA) is 3.24 Å². The van der Waals surface area contributed by atoms with Crippen molar-refractivity contribution in [2.75, 3.05) is 19.6 Å². The molecule has 0 bridgehead atoms. The van der Waals surface area contributed by atoms with Gasteiger partial charge in [-0.2, -0.15) is 0 Å². The molecule has 1 aromatic carbocycles. The molecule has 92 valence electrons. The van der Waals surface area contributed by atoms with E-state index in [0.29, 0.717) is 14.5 Å². The van der Waals surface area contributed by atoms with E-state index >= 15 is 0 Å². The number of nitrogens with zero attached hydrogens (tertiary/aromatic N) is 1. The summed E-state index contributed by atoms with van der Waals surface area (Å²) in [5.74, 6) is 0. The van der Waals surface area contributed by atoms with Crippen molar-refractivity contribution in [2.24, 2.45) is 0 Å². The summed E-state index contributed by atoms with van der Waals surface area (Å²) >= 11 is 0.586. The number of benzene rings is 1. The van der Waals surface area contributed by atoms with E-state index in [4.69, 9.17) is 0 Å². The summed E-state index contributed by atoms with van der Waals surface area (Å²) in [4.78, 5) is 2.56. The van der Waals surface area contributed by atoms with Crippen molar-refractivity contribution >= 4 is 24.1 Å². The molecule has 0 saturated heterocycles. The Hall–Kier alpha value is -0.561. The van der Waals surface area contributed by atoms with Gasteiger partial charge in [-0.1, -0.05) is 0 Å². The standard InChI is InChI=1S/C15H21NSe/c1-3-10-16(4-2)11-9-14-12-13-7-5-6-8-15(13)17-14/h5-8,12H,3-4,9-11H2,1-2H3. The van der Waals surface area contributed by atoms with Crippen molar-refractivity contribution < 1.29 is 0 Å². The van der Waals surface area contributed by atoms with E-state index in [1.807, 2.05) is 0 Å². The number of hydrogen-bond donors (Lipinski definition) is 0. The van der Waals surface area contributed by atoms with E-state index in [9.17, 15) is 0 Å². The zero-order chi connectivity index (χ0) is 12.1. The van der Waals surface area contributed by atoms with Crippen LogP contribution < -0.4 is 0 Å². The molecule has 2 aromatic rings. The van der Waals surface area contributed by atoms with E-state index < -0.39 is 0 Å². The first-order chi connectivity index (χ1) is 8.33. The van der Waals surface area contributed by atoms with Gasteiger partial charge < -0.3 is 0 Å². The van der Waals surface area contributed by atoms with Gasteiger partial charge in [0, 0.05) is 0 Å². The van der Waals surface area contributed by atoms with Gasteiger partial charge in [-0.05, 0) is 0 Å². The molecule has 0 unspecified atom stereocenters. The van der Waals surface area contributed by atoms with Crippen molar-refractivity contribution in [1.29, 1.82) is 0 Å². The van der Waals surface area contributed by atoms with Crippen LogP contribution in [0.15, 0.2) is 30.3 Å². The zero-order valence-corrected chi connectivity index (χ0v) is 12.5. The molecule has 0 amide bonds. The molecule has 2 rings (SSSR count). The minimum atomic E-state index is 0.586.